The highest BCUT2D eigenvalue weighted by atomic mass is 19.3. The van der Waals surface area contributed by atoms with Gasteiger partial charge in [-0.3, -0.25) is 4.79 Å². The Morgan fingerprint density at radius 2 is 1.74 bits per heavy atom. The van der Waals surface area contributed by atoms with Crippen LogP contribution in [0.15, 0.2) is 48.5 Å². The number of hydrogen-bond donors (Lipinski definition) is 1. The van der Waals surface area contributed by atoms with Crippen molar-refractivity contribution in [1.82, 2.24) is 5.32 Å². The molecule has 0 aliphatic carbocycles. The number of halogens is 2. The number of esters is 1. The van der Waals surface area contributed by atoms with Gasteiger partial charge in [0.15, 0.2) is 11.5 Å². The third-order valence-corrected chi connectivity index (χ3v) is 3.72. The number of rotatable bonds is 8. The molecule has 6 nitrogen and oxygen atoms in total. The van der Waals surface area contributed by atoms with Crippen LogP contribution in [-0.4, -0.2) is 38.7 Å². The number of ether oxygens (including phenoxy) is 3. The van der Waals surface area contributed by atoms with Gasteiger partial charge in [0.05, 0.1) is 14.2 Å². The molecule has 27 heavy (non-hydrogen) atoms. The van der Waals surface area contributed by atoms with Gasteiger partial charge in [0.2, 0.25) is 0 Å². The third kappa shape index (κ3) is 5.67. The highest BCUT2D eigenvalue weighted by Crippen LogP contribution is 2.29. The summed E-state index contributed by atoms with van der Waals surface area (Å²) in [6, 6.07) is 12.0. The zero-order valence-corrected chi connectivity index (χ0v) is 14.8. The Kier molecular flexibility index (Phi) is 7.10. The summed E-state index contributed by atoms with van der Waals surface area (Å²) in [6.07, 6.45) is 0.239. The first-order valence-corrected chi connectivity index (χ1v) is 8.00. The third-order valence-electron chi connectivity index (χ3n) is 3.72. The summed E-state index contributed by atoms with van der Waals surface area (Å²) < 4.78 is 38.8. The first-order valence-electron chi connectivity index (χ1n) is 8.00. The Morgan fingerprint density at radius 1 is 1.04 bits per heavy atom. The summed E-state index contributed by atoms with van der Waals surface area (Å²) in [7, 11) is 2.49. The number of nitrogens with one attached hydrogen (secondary N) is 1. The minimum atomic E-state index is -3.02. The molecule has 0 radical (unpaired) electrons. The molecule has 1 unspecified atom stereocenters. The number of carbonyl (C=O) groups excluding carboxylic acids is 2. The lowest BCUT2D eigenvalue weighted by Gasteiger charge is -2.17. The Labute approximate surface area is 155 Å². The molecule has 0 saturated carbocycles. The van der Waals surface area contributed by atoms with E-state index in [0.29, 0.717) is 0 Å². The zero-order chi connectivity index (χ0) is 19.8. The fraction of sp³-hybridized carbons (Fsp3) is 0.263. The average molecular weight is 379 g/mol. The summed E-state index contributed by atoms with van der Waals surface area (Å²) in [6.45, 7) is -3.02. The number of carbonyl (C=O) groups is 2. The molecule has 0 fully saturated rings. The van der Waals surface area contributed by atoms with Crippen molar-refractivity contribution in [2.75, 3.05) is 14.2 Å². The second-order valence-electron chi connectivity index (χ2n) is 5.48. The van der Waals surface area contributed by atoms with E-state index in [4.69, 9.17) is 9.47 Å². The second-order valence-corrected chi connectivity index (χ2v) is 5.48. The van der Waals surface area contributed by atoms with E-state index in [0.717, 1.165) is 5.56 Å². The van der Waals surface area contributed by atoms with Crippen molar-refractivity contribution >= 4 is 11.9 Å². The van der Waals surface area contributed by atoms with Crippen molar-refractivity contribution in [2.45, 2.75) is 19.1 Å². The first-order chi connectivity index (χ1) is 12.9. The van der Waals surface area contributed by atoms with Crippen LogP contribution < -0.4 is 14.8 Å². The molecule has 0 saturated heterocycles. The molecule has 1 N–H and O–H groups in total. The molecule has 2 rings (SSSR count). The van der Waals surface area contributed by atoms with Crippen LogP contribution in [0.2, 0.25) is 0 Å². The predicted octanol–water partition coefficient (Wildman–Crippen LogP) is 2.81. The van der Waals surface area contributed by atoms with Crippen LogP contribution in [0.3, 0.4) is 0 Å². The Bertz CT molecular complexity index is 783. The van der Waals surface area contributed by atoms with Crippen LogP contribution in [0.25, 0.3) is 0 Å². The highest BCUT2D eigenvalue weighted by Gasteiger charge is 2.23. The molecule has 2 aromatic rings. The van der Waals surface area contributed by atoms with E-state index in [1.165, 1.54) is 32.4 Å². The number of amides is 1. The molecule has 0 heterocycles. The van der Waals surface area contributed by atoms with Crippen LogP contribution >= 0.6 is 0 Å². The van der Waals surface area contributed by atoms with Gasteiger partial charge in [0, 0.05) is 12.0 Å². The molecule has 2 aromatic carbocycles. The van der Waals surface area contributed by atoms with Gasteiger partial charge < -0.3 is 19.5 Å². The Balaban J connectivity index is 2.17. The number of hydrogen-bond acceptors (Lipinski definition) is 5. The summed E-state index contributed by atoms with van der Waals surface area (Å²) in [4.78, 5) is 24.5. The zero-order valence-electron chi connectivity index (χ0n) is 14.8. The summed E-state index contributed by atoms with van der Waals surface area (Å²) in [5.41, 5.74) is 0.960. The van der Waals surface area contributed by atoms with Crippen molar-refractivity contribution in [3.8, 4) is 11.5 Å². The molecule has 144 valence electrons. The van der Waals surface area contributed by atoms with Gasteiger partial charge in [0.25, 0.3) is 5.91 Å². The Hall–Kier alpha value is -3.16. The quantitative estimate of drug-likeness (QED) is 0.714. The number of methoxy groups -OCH3 is 2. The molecule has 0 aliphatic rings. The van der Waals surface area contributed by atoms with Gasteiger partial charge >= 0.3 is 12.6 Å². The van der Waals surface area contributed by atoms with Gasteiger partial charge in [-0.1, -0.05) is 30.3 Å². The van der Waals surface area contributed by atoms with Crippen LogP contribution in [0, 0.1) is 0 Å². The van der Waals surface area contributed by atoms with Gasteiger partial charge in [-0.25, -0.2) is 4.79 Å². The fourth-order valence-corrected chi connectivity index (χ4v) is 2.43. The minimum Gasteiger partial charge on any atom is -0.493 e. The fourth-order valence-electron chi connectivity index (χ4n) is 2.43. The van der Waals surface area contributed by atoms with Gasteiger partial charge in [-0.2, -0.15) is 8.78 Å². The summed E-state index contributed by atoms with van der Waals surface area (Å²) in [5.74, 6) is -1.40. The smallest absolute Gasteiger partial charge is 0.387 e. The molecular weight excluding hydrogens is 360 g/mol. The molecule has 1 atom stereocenters. The molecule has 1 amide bonds. The average Bonchev–Trinajstić information content (AvgIpc) is 2.67. The molecule has 0 aromatic heterocycles. The van der Waals surface area contributed by atoms with Crippen molar-refractivity contribution in [3.05, 3.63) is 59.7 Å². The normalized spacial score (nSPS) is 11.6. The van der Waals surface area contributed by atoms with Gasteiger partial charge in [-0.05, 0) is 23.8 Å². The summed E-state index contributed by atoms with van der Waals surface area (Å²) in [5, 5.41) is 2.59. The number of benzene rings is 2. The van der Waals surface area contributed by atoms with Crippen molar-refractivity contribution < 1.29 is 32.6 Å². The standard InChI is InChI=1S/C19H19F2NO5/c1-25-16-11-13(8-9-15(16)27-19(20)21)17(23)22-14(18(24)26-2)10-12-6-4-3-5-7-12/h3-9,11,14,19H,10H2,1-2H3,(H,22,23). The van der Waals surface area contributed by atoms with E-state index in [1.807, 2.05) is 30.3 Å². The van der Waals surface area contributed by atoms with Crippen molar-refractivity contribution in [3.63, 3.8) is 0 Å². The van der Waals surface area contributed by atoms with E-state index in [2.05, 4.69) is 10.1 Å². The van der Waals surface area contributed by atoms with Gasteiger partial charge in [0.1, 0.15) is 6.04 Å². The molecule has 0 bridgehead atoms. The maximum Gasteiger partial charge on any atom is 0.387 e. The lowest BCUT2D eigenvalue weighted by molar-refractivity contribution is -0.142. The molecule has 0 aliphatic heterocycles. The SMILES string of the molecule is COC(=O)C(Cc1ccccc1)NC(=O)c1ccc(OC(F)F)c(OC)c1. The van der Waals surface area contributed by atoms with Crippen LogP contribution in [-0.2, 0) is 16.0 Å². The van der Waals surface area contributed by atoms with Gasteiger partial charge in [-0.15, -0.1) is 0 Å². The molecule has 0 spiro atoms. The lowest BCUT2D eigenvalue weighted by atomic mass is 10.1. The van der Waals surface area contributed by atoms with Crippen molar-refractivity contribution in [1.29, 1.82) is 0 Å². The monoisotopic (exact) mass is 379 g/mol. The van der Waals surface area contributed by atoms with Crippen LogP contribution in [0.4, 0.5) is 8.78 Å². The minimum absolute atomic E-state index is 0.0272. The maximum absolute atomic E-state index is 12.5. The molecular formula is C19H19F2NO5. The molecule has 8 heteroatoms. The largest absolute Gasteiger partial charge is 0.493 e. The number of alkyl halides is 2. The predicted molar refractivity (Wildman–Crippen MR) is 93.0 cm³/mol. The maximum atomic E-state index is 12.5. The van der Waals surface area contributed by atoms with E-state index in [-0.39, 0.29) is 23.5 Å². The second kappa shape index (κ2) is 9.51. The van der Waals surface area contributed by atoms with E-state index >= 15 is 0 Å². The Morgan fingerprint density at radius 3 is 2.33 bits per heavy atom. The van der Waals surface area contributed by atoms with Crippen LogP contribution in [0.1, 0.15) is 15.9 Å². The van der Waals surface area contributed by atoms with E-state index < -0.39 is 24.5 Å². The van der Waals surface area contributed by atoms with Crippen LogP contribution in [0.5, 0.6) is 11.5 Å². The van der Waals surface area contributed by atoms with E-state index in [1.54, 1.807) is 0 Å². The van der Waals surface area contributed by atoms with Crippen molar-refractivity contribution in [2.24, 2.45) is 0 Å². The first kappa shape index (κ1) is 20.2. The summed E-state index contributed by atoms with van der Waals surface area (Å²) >= 11 is 0. The lowest BCUT2D eigenvalue weighted by Crippen LogP contribution is -2.43. The van der Waals surface area contributed by atoms with E-state index in [9.17, 15) is 18.4 Å². The highest BCUT2D eigenvalue weighted by molar-refractivity contribution is 5.97. The topological polar surface area (TPSA) is 73.9 Å².